The predicted octanol–water partition coefficient (Wildman–Crippen LogP) is -2.36. The number of hydrogen-bond donors (Lipinski definition) is 3. The van der Waals surface area contributed by atoms with E-state index in [4.69, 9.17) is 9.84 Å². The van der Waals surface area contributed by atoms with Gasteiger partial charge in [0.2, 0.25) is 12.1 Å². The second-order valence-electron chi connectivity index (χ2n) is 2.76. The van der Waals surface area contributed by atoms with Crippen LogP contribution < -0.4 is 0 Å². The number of hydrogen-bond acceptors (Lipinski definition) is 6. The van der Waals surface area contributed by atoms with Crippen LogP contribution in [-0.4, -0.2) is 59.4 Å². The zero-order chi connectivity index (χ0) is 10.0. The molecule has 1 unspecified atom stereocenters. The Hall–Kier alpha value is -0.530. The summed E-state index contributed by atoms with van der Waals surface area (Å²) >= 11 is 0. The second-order valence-corrected chi connectivity index (χ2v) is 2.76. The SMILES string of the molecule is CO[C@H]1OC(CO)[C@@H](O)[C@H](O)C1=O. The molecule has 6 nitrogen and oxygen atoms in total. The van der Waals surface area contributed by atoms with Gasteiger partial charge in [0.05, 0.1) is 6.61 Å². The van der Waals surface area contributed by atoms with E-state index >= 15 is 0 Å². The van der Waals surface area contributed by atoms with Crippen molar-refractivity contribution in [3.63, 3.8) is 0 Å². The molecule has 0 aromatic rings. The Bertz CT molecular complexity index is 189. The Morgan fingerprint density at radius 3 is 2.62 bits per heavy atom. The highest BCUT2D eigenvalue weighted by atomic mass is 16.7. The first-order valence-electron chi connectivity index (χ1n) is 3.80. The summed E-state index contributed by atoms with van der Waals surface area (Å²) in [7, 11) is 1.24. The number of aliphatic hydroxyl groups is 3. The van der Waals surface area contributed by atoms with E-state index in [1.54, 1.807) is 0 Å². The van der Waals surface area contributed by atoms with Gasteiger partial charge >= 0.3 is 0 Å². The van der Waals surface area contributed by atoms with Crippen LogP contribution in [0.3, 0.4) is 0 Å². The molecule has 0 saturated carbocycles. The standard InChI is InChI=1S/C7H12O6/c1-12-7-6(11)5(10)4(9)3(2-8)13-7/h3-5,7-10H,2H2,1H3/t3?,4-,5+,7+/m1/s1. The summed E-state index contributed by atoms with van der Waals surface area (Å²) in [5, 5.41) is 27.1. The summed E-state index contributed by atoms with van der Waals surface area (Å²) in [6.07, 6.45) is -5.16. The van der Waals surface area contributed by atoms with Gasteiger partial charge in [-0.05, 0) is 0 Å². The van der Waals surface area contributed by atoms with Crippen LogP contribution in [0.15, 0.2) is 0 Å². The molecular formula is C7H12O6. The summed E-state index contributed by atoms with van der Waals surface area (Å²) in [5.41, 5.74) is 0. The largest absolute Gasteiger partial charge is 0.394 e. The summed E-state index contributed by atoms with van der Waals surface area (Å²) in [5.74, 6) is -0.736. The lowest BCUT2D eigenvalue weighted by Gasteiger charge is -2.33. The number of Topliss-reactive ketones (excluding diaryl/α,β-unsaturated/α-hetero) is 1. The summed E-state index contributed by atoms with van der Waals surface area (Å²) < 4.78 is 9.45. The van der Waals surface area contributed by atoms with Crippen LogP contribution in [0.25, 0.3) is 0 Å². The molecule has 0 bridgehead atoms. The summed E-state index contributed by atoms with van der Waals surface area (Å²) in [6.45, 7) is -0.481. The fraction of sp³-hybridized carbons (Fsp3) is 0.857. The smallest absolute Gasteiger partial charge is 0.220 e. The van der Waals surface area contributed by atoms with Crippen molar-refractivity contribution in [2.75, 3.05) is 13.7 Å². The van der Waals surface area contributed by atoms with Crippen molar-refractivity contribution in [3.8, 4) is 0 Å². The molecule has 3 N–H and O–H groups in total. The van der Waals surface area contributed by atoms with Gasteiger partial charge in [0, 0.05) is 7.11 Å². The third-order valence-electron chi connectivity index (χ3n) is 1.92. The molecule has 1 rings (SSSR count). The highest BCUT2D eigenvalue weighted by Gasteiger charge is 2.43. The van der Waals surface area contributed by atoms with Crippen molar-refractivity contribution in [2.45, 2.75) is 24.6 Å². The highest BCUT2D eigenvalue weighted by Crippen LogP contribution is 2.17. The van der Waals surface area contributed by atoms with E-state index in [0.717, 1.165) is 0 Å². The number of carbonyl (C=O) groups excluding carboxylic acids is 1. The zero-order valence-corrected chi connectivity index (χ0v) is 7.08. The molecule has 1 aliphatic rings. The van der Waals surface area contributed by atoms with Crippen LogP contribution >= 0.6 is 0 Å². The number of ketones is 1. The average Bonchev–Trinajstić information content (AvgIpc) is 2.15. The monoisotopic (exact) mass is 192 g/mol. The van der Waals surface area contributed by atoms with E-state index in [2.05, 4.69) is 4.74 Å². The van der Waals surface area contributed by atoms with E-state index in [1.165, 1.54) is 7.11 Å². The molecule has 0 aliphatic carbocycles. The molecule has 0 spiro atoms. The van der Waals surface area contributed by atoms with Gasteiger partial charge in [0.1, 0.15) is 18.3 Å². The van der Waals surface area contributed by atoms with Gasteiger partial charge in [0.25, 0.3) is 0 Å². The van der Waals surface area contributed by atoms with Crippen LogP contribution in [0.2, 0.25) is 0 Å². The average molecular weight is 192 g/mol. The number of carbonyl (C=O) groups is 1. The molecule has 1 aliphatic heterocycles. The highest BCUT2D eigenvalue weighted by molar-refractivity contribution is 5.87. The van der Waals surface area contributed by atoms with Gasteiger partial charge in [-0.1, -0.05) is 0 Å². The normalized spacial score (nSPS) is 40.8. The Balaban J connectivity index is 2.72. The van der Waals surface area contributed by atoms with E-state index in [-0.39, 0.29) is 0 Å². The van der Waals surface area contributed by atoms with E-state index < -0.39 is 37.0 Å². The van der Waals surface area contributed by atoms with Crippen LogP contribution in [0.5, 0.6) is 0 Å². The van der Waals surface area contributed by atoms with E-state index in [0.29, 0.717) is 0 Å². The van der Waals surface area contributed by atoms with Gasteiger partial charge in [-0.15, -0.1) is 0 Å². The van der Waals surface area contributed by atoms with Gasteiger partial charge in [-0.25, -0.2) is 0 Å². The van der Waals surface area contributed by atoms with Gasteiger partial charge in [0.15, 0.2) is 0 Å². The molecule has 0 radical (unpaired) electrons. The van der Waals surface area contributed by atoms with Crippen LogP contribution in [0, 0.1) is 0 Å². The lowest BCUT2D eigenvalue weighted by Crippen LogP contribution is -2.56. The minimum Gasteiger partial charge on any atom is -0.394 e. The molecule has 4 atom stereocenters. The van der Waals surface area contributed by atoms with Crippen molar-refractivity contribution in [2.24, 2.45) is 0 Å². The minimum absolute atomic E-state index is 0.481. The third-order valence-corrected chi connectivity index (χ3v) is 1.92. The van der Waals surface area contributed by atoms with Crippen molar-refractivity contribution in [3.05, 3.63) is 0 Å². The number of rotatable bonds is 2. The maximum atomic E-state index is 11.1. The molecule has 1 heterocycles. The first-order valence-corrected chi connectivity index (χ1v) is 3.80. The lowest BCUT2D eigenvalue weighted by molar-refractivity contribution is -0.233. The van der Waals surface area contributed by atoms with Crippen molar-refractivity contribution >= 4 is 5.78 Å². The molecular weight excluding hydrogens is 180 g/mol. The molecule has 1 fully saturated rings. The van der Waals surface area contributed by atoms with Crippen LogP contribution in [0.4, 0.5) is 0 Å². The quantitative estimate of drug-likeness (QED) is 0.453. The molecule has 0 aromatic carbocycles. The number of ether oxygens (including phenoxy) is 2. The summed E-state index contributed by atoms with van der Waals surface area (Å²) in [6, 6.07) is 0. The number of aliphatic hydroxyl groups excluding tert-OH is 3. The van der Waals surface area contributed by atoms with Gasteiger partial charge in [-0.2, -0.15) is 0 Å². The maximum Gasteiger partial charge on any atom is 0.220 e. The third kappa shape index (κ3) is 1.87. The van der Waals surface area contributed by atoms with Gasteiger partial charge in [-0.3, -0.25) is 4.79 Å². The molecule has 13 heavy (non-hydrogen) atoms. The Morgan fingerprint density at radius 2 is 2.15 bits per heavy atom. The molecule has 76 valence electrons. The number of methoxy groups -OCH3 is 1. The summed E-state index contributed by atoms with van der Waals surface area (Å²) in [4.78, 5) is 11.1. The lowest BCUT2D eigenvalue weighted by atomic mass is 10.0. The van der Waals surface area contributed by atoms with Gasteiger partial charge < -0.3 is 24.8 Å². The predicted molar refractivity (Wildman–Crippen MR) is 39.8 cm³/mol. The first-order chi connectivity index (χ1) is 6.11. The van der Waals surface area contributed by atoms with E-state index in [9.17, 15) is 15.0 Å². The minimum atomic E-state index is -1.56. The molecule has 6 heteroatoms. The molecule has 1 saturated heterocycles. The fourth-order valence-electron chi connectivity index (χ4n) is 1.14. The second kappa shape index (κ2) is 4.12. The first kappa shape index (κ1) is 10.6. The zero-order valence-electron chi connectivity index (χ0n) is 7.08. The van der Waals surface area contributed by atoms with Crippen LogP contribution in [-0.2, 0) is 14.3 Å². The Labute approximate surface area is 74.7 Å². The van der Waals surface area contributed by atoms with E-state index in [1.807, 2.05) is 0 Å². The van der Waals surface area contributed by atoms with Crippen molar-refractivity contribution < 1.29 is 29.6 Å². The van der Waals surface area contributed by atoms with Crippen molar-refractivity contribution in [1.82, 2.24) is 0 Å². The Kier molecular flexibility index (Phi) is 3.34. The van der Waals surface area contributed by atoms with Crippen molar-refractivity contribution in [1.29, 1.82) is 0 Å². The molecule has 0 amide bonds. The Morgan fingerprint density at radius 1 is 1.54 bits per heavy atom. The topological polar surface area (TPSA) is 96.2 Å². The maximum absolute atomic E-state index is 11.1. The fourth-order valence-corrected chi connectivity index (χ4v) is 1.14. The van der Waals surface area contributed by atoms with Crippen LogP contribution in [0.1, 0.15) is 0 Å². The molecule has 0 aromatic heterocycles.